The lowest BCUT2D eigenvalue weighted by molar-refractivity contribution is -0.123. The average Bonchev–Trinajstić information content (AvgIpc) is 2.32. The number of carbonyl (C=O) groups is 1. The van der Waals surface area contributed by atoms with E-state index in [2.05, 4.69) is 23.2 Å². The molecule has 1 aromatic rings. The molecule has 0 aliphatic carbocycles. The third kappa shape index (κ3) is 6.57. The summed E-state index contributed by atoms with van der Waals surface area (Å²) >= 11 is 0. The van der Waals surface area contributed by atoms with E-state index in [-0.39, 0.29) is 12.5 Å². The largest absolute Gasteiger partial charge is 0.484 e. The number of nitrogens with zero attached hydrogens (tertiary/aromatic N) is 1. The Morgan fingerprint density at radius 1 is 1.25 bits per heavy atom. The molecular weight excluding hydrogens is 252 g/mol. The molecule has 1 aromatic carbocycles. The smallest absolute Gasteiger partial charge is 0.257 e. The van der Waals surface area contributed by atoms with Crippen LogP contribution < -0.4 is 10.1 Å². The van der Waals surface area contributed by atoms with Crippen molar-refractivity contribution >= 4 is 5.91 Å². The summed E-state index contributed by atoms with van der Waals surface area (Å²) in [6.07, 6.45) is 0. The van der Waals surface area contributed by atoms with Crippen LogP contribution in [-0.4, -0.2) is 44.6 Å². The fourth-order valence-electron chi connectivity index (χ4n) is 2.19. The predicted molar refractivity (Wildman–Crippen MR) is 82.1 cm³/mol. The lowest BCUT2D eigenvalue weighted by Crippen LogP contribution is -2.35. The van der Waals surface area contributed by atoms with Gasteiger partial charge in [0.2, 0.25) is 0 Å². The second kappa shape index (κ2) is 7.90. The van der Waals surface area contributed by atoms with Gasteiger partial charge in [-0.1, -0.05) is 13.0 Å². The molecule has 0 heterocycles. The number of nitrogens with one attached hydrogen (secondary N) is 1. The molecule has 0 spiro atoms. The monoisotopic (exact) mass is 278 g/mol. The van der Waals surface area contributed by atoms with E-state index in [4.69, 9.17) is 4.74 Å². The Kier molecular flexibility index (Phi) is 6.52. The number of aryl methyl sites for hydroxylation is 2. The lowest BCUT2D eigenvalue weighted by atomic mass is 10.1. The molecule has 1 N–H and O–H groups in total. The zero-order chi connectivity index (χ0) is 15.1. The minimum absolute atomic E-state index is 0.0670. The van der Waals surface area contributed by atoms with Gasteiger partial charge in [-0.2, -0.15) is 0 Å². The van der Waals surface area contributed by atoms with Crippen molar-refractivity contribution in [3.8, 4) is 5.75 Å². The van der Waals surface area contributed by atoms with Crippen molar-refractivity contribution < 1.29 is 9.53 Å². The molecule has 0 bridgehead atoms. The van der Waals surface area contributed by atoms with Gasteiger partial charge in [-0.25, -0.2) is 0 Å². The molecule has 4 nitrogen and oxygen atoms in total. The summed E-state index contributed by atoms with van der Waals surface area (Å²) in [6.45, 7) is 7.85. The summed E-state index contributed by atoms with van der Waals surface area (Å²) in [5, 5.41) is 2.90. The van der Waals surface area contributed by atoms with Crippen LogP contribution in [0.1, 0.15) is 18.1 Å². The molecule has 1 rings (SSSR count). The first kappa shape index (κ1) is 16.5. The summed E-state index contributed by atoms with van der Waals surface area (Å²) in [6, 6.07) is 5.96. The number of carbonyl (C=O) groups excluding carboxylic acids is 1. The highest BCUT2D eigenvalue weighted by Gasteiger charge is 2.07. The second-order valence-electron chi connectivity index (χ2n) is 5.78. The van der Waals surface area contributed by atoms with Crippen molar-refractivity contribution in [2.24, 2.45) is 5.92 Å². The van der Waals surface area contributed by atoms with Gasteiger partial charge in [-0.05, 0) is 57.1 Å². The Morgan fingerprint density at radius 3 is 2.40 bits per heavy atom. The molecule has 1 atom stereocenters. The van der Waals surface area contributed by atoms with Crippen LogP contribution in [0.25, 0.3) is 0 Å². The molecule has 0 aromatic heterocycles. The average molecular weight is 278 g/mol. The van der Waals surface area contributed by atoms with Crippen LogP contribution in [0.15, 0.2) is 18.2 Å². The number of ether oxygens (including phenoxy) is 1. The van der Waals surface area contributed by atoms with Crippen LogP contribution in [0.2, 0.25) is 0 Å². The Balaban J connectivity index is 2.32. The van der Waals surface area contributed by atoms with Crippen molar-refractivity contribution in [1.82, 2.24) is 10.2 Å². The predicted octanol–water partition coefficient (Wildman–Crippen LogP) is 2.00. The molecule has 1 amide bonds. The second-order valence-corrected chi connectivity index (χ2v) is 5.78. The van der Waals surface area contributed by atoms with Crippen molar-refractivity contribution in [3.05, 3.63) is 29.3 Å². The minimum Gasteiger partial charge on any atom is -0.484 e. The van der Waals surface area contributed by atoms with Gasteiger partial charge in [0.1, 0.15) is 5.75 Å². The number of rotatable bonds is 7. The normalized spacial score (nSPS) is 12.3. The van der Waals surface area contributed by atoms with Crippen molar-refractivity contribution in [3.63, 3.8) is 0 Å². The SMILES string of the molecule is Cc1cc(C)cc(OCC(=O)NCC(C)CN(C)C)c1. The van der Waals surface area contributed by atoms with Crippen LogP contribution in [0.4, 0.5) is 0 Å². The Hall–Kier alpha value is -1.55. The third-order valence-corrected chi connectivity index (χ3v) is 2.89. The highest BCUT2D eigenvalue weighted by Crippen LogP contribution is 2.15. The van der Waals surface area contributed by atoms with Crippen LogP contribution in [-0.2, 0) is 4.79 Å². The molecular formula is C16H26N2O2. The Labute approximate surface area is 122 Å². The first-order valence-electron chi connectivity index (χ1n) is 6.99. The summed E-state index contributed by atoms with van der Waals surface area (Å²) in [5.41, 5.74) is 2.28. The molecule has 112 valence electrons. The van der Waals surface area contributed by atoms with Crippen molar-refractivity contribution in [1.29, 1.82) is 0 Å². The number of hydrogen-bond donors (Lipinski definition) is 1. The molecule has 1 unspecified atom stereocenters. The zero-order valence-corrected chi connectivity index (χ0v) is 13.2. The number of benzene rings is 1. The van der Waals surface area contributed by atoms with E-state index >= 15 is 0 Å². The van der Waals surface area contributed by atoms with E-state index in [1.807, 2.05) is 40.1 Å². The minimum atomic E-state index is -0.0743. The van der Waals surface area contributed by atoms with Gasteiger partial charge in [0, 0.05) is 13.1 Å². The molecule has 0 saturated heterocycles. The van der Waals surface area contributed by atoms with Crippen LogP contribution >= 0.6 is 0 Å². The molecule has 0 radical (unpaired) electrons. The van der Waals surface area contributed by atoms with Gasteiger partial charge in [-0.15, -0.1) is 0 Å². The molecule has 0 aliphatic rings. The van der Waals surface area contributed by atoms with E-state index in [0.717, 1.165) is 23.4 Å². The van der Waals surface area contributed by atoms with Crippen molar-refractivity contribution in [2.75, 3.05) is 33.8 Å². The fourth-order valence-corrected chi connectivity index (χ4v) is 2.19. The lowest BCUT2D eigenvalue weighted by Gasteiger charge is -2.17. The van der Waals surface area contributed by atoms with Gasteiger partial charge in [0.15, 0.2) is 6.61 Å². The zero-order valence-electron chi connectivity index (χ0n) is 13.2. The first-order valence-corrected chi connectivity index (χ1v) is 6.99. The number of amides is 1. The van der Waals surface area contributed by atoms with Gasteiger partial charge < -0.3 is 15.0 Å². The molecule has 0 fully saturated rings. The summed E-state index contributed by atoms with van der Waals surface area (Å²) < 4.78 is 5.52. The molecule has 0 saturated carbocycles. The Bertz CT molecular complexity index is 424. The summed E-state index contributed by atoms with van der Waals surface area (Å²) in [5.74, 6) is 1.10. The Morgan fingerprint density at radius 2 is 1.85 bits per heavy atom. The topological polar surface area (TPSA) is 41.6 Å². The maximum absolute atomic E-state index is 11.7. The highest BCUT2D eigenvalue weighted by molar-refractivity contribution is 5.77. The van der Waals surface area contributed by atoms with Crippen LogP contribution in [0.5, 0.6) is 5.75 Å². The van der Waals surface area contributed by atoms with Crippen molar-refractivity contribution in [2.45, 2.75) is 20.8 Å². The van der Waals surface area contributed by atoms with Gasteiger partial charge in [0.05, 0.1) is 0 Å². The maximum atomic E-state index is 11.7. The quantitative estimate of drug-likeness (QED) is 0.829. The van der Waals surface area contributed by atoms with Crippen LogP contribution in [0.3, 0.4) is 0 Å². The van der Waals surface area contributed by atoms with Crippen LogP contribution in [0, 0.1) is 19.8 Å². The maximum Gasteiger partial charge on any atom is 0.257 e. The van der Waals surface area contributed by atoms with Gasteiger partial charge in [-0.3, -0.25) is 4.79 Å². The van der Waals surface area contributed by atoms with E-state index < -0.39 is 0 Å². The highest BCUT2D eigenvalue weighted by atomic mass is 16.5. The van der Waals surface area contributed by atoms with Gasteiger partial charge in [0.25, 0.3) is 5.91 Å². The summed E-state index contributed by atoms with van der Waals surface area (Å²) in [4.78, 5) is 13.8. The summed E-state index contributed by atoms with van der Waals surface area (Å²) in [7, 11) is 4.06. The van der Waals surface area contributed by atoms with E-state index in [9.17, 15) is 4.79 Å². The van der Waals surface area contributed by atoms with E-state index in [0.29, 0.717) is 12.5 Å². The number of hydrogen-bond acceptors (Lipinski definition) is 3. The van der Waals surface area contributed by atoms with Gasteiger partial charge >= 0.3 is 0 Å². The van der Waals surface area contributed by atoms with E-state index in [1.165, 1.54) is 0 Å². The molecule has 0 aliphatic heterocycles. The molecule has 20 heavy (non-hydrogen) atoms. The fraction of sp³-hybridized carbons (Fsp3) is 0.562. The first-order chi connectivity index (χ1) is 9.36. The standard InChI is InChI=1S/C16H26N2O2/c1-12-6-13(2)8-15(7-12)20-11-16(19)17-9-14(3)10-18(4)5/h6-8,14H,9-11H2,1-5H3,(H,17,19). The molecule has 4 heteroatoms. The third-order valence-electron chi connectivity index (χ3n) is 2.89. The van der Waals surface area contributed by atoms with E-state index in [1.54, 1.807) is 0 Å².